The number of benzene rings is 3. The third-order valence-electron chi connectivity index (χ3n) is 4.09. The Morgan fingerprint density at radius 1 is 0.931 bits per heavy atom. The van der Waals surface area contributed by atoms with Gasteiger partial charge in [0, 0.05) is 5.02 Å². The minimum atomic E-state index is -0.505. The zero-order valence-electron chi connectivity index (χ0n) is 15.9. The highest BCUT2D eigenvalue weighted by molar-refractivity contribution is 6.31. The van der Waals surface area contributed by atoms with Crippen molar-refractivity contribution in [2.75, 3.05) is 11.9 Å². The highest BCUT2D eigenvalue weighted by Gasteiger charge is 2.18. The Morgan fingerprint density at radius 3 is 2.41 bits per heavy atom. The van der Waals surface area contributed by atoms with Crippen molar-refractivity contribution in [2.24, 2.45) is 0 Å². The van der Waals surface area contributed by atoms with Crippen LogP contribution in [-0.4, -0.2) is 18.5 Å². The smallest absolute Gasteiger partial charge is 0.340 e. The van der Waals surface area contributed by atoms with E-state index in [1.807, 2.05) is 30.3 Å². The molecule has 6 heteroatoms. The fraction of sp³-hybridized carbons (Fsp3) is 0.130. The number of halogens is 1. The summed E-state index contributed by atoms with van der Waals surface area (Å²) in [5.74, 6) is -0.549. The van der Waals surface area contributed by atoms with E-state index in [0.29, 0.717) is 23.1 Å². The highest BCUT2D eigenvalue weighted by Crippen LogP contribution is 2.26. The summed E-state index contributed by atoms with van der Waals surface area (Å²) >= 11 is 6.09. The molecule has 0 aromatic heterocycles. The maximum atomic E-state index is 12.9. The molecular weight excluding hydrogens is 390 g/mol. The first kappa shape index (κ1) is 20.4. The van der Waals surface area contributed by atoms with Gasteiger partial charge in [0.05, 0.1) is 23.4 Å². The molecule has 0 fully saturated rings. The lowest BCUT2D eigenvalue weighted by molar-refractivity contribution is 0.0527. The van der Waals surface area contributed by atoms with Crippen LogP contribution < -0.4 is 10.1 Å². The van der Waals surface area contributed by atoms with Crippen molar-refractivity contribution < 1.29 is 19.1 Å². The molecule has 0 radical (unpaired) electrons. The Labute approximate surface area is 174 Å². The van der Waals surface area contributed by atoms with Crippen molar-refractivity contribution in [3.63, 3.8) is 0 Å². The molecule has 0 unspecified atom stereocenters. The largest absolute Gasteiger partial charge is 0.488 e. The molecule has 0 heterocycles. The predicted octanol–water partition coefficient (Wildman–Crippen LogP) is 5.35. The van der Waals surface area contributed by atoms with Gasteiger partial charge in [-0.2, -0.15) is 0 Å². The third-order valence-corrected chi connectivity index (χ3v) is 4.33. The van der Waals surface area contributed by atoms with E-state index >= 15 is 0 Å². The summed E-state index contributed by atoms with van der Waals surface area (Å²) in [5.41, 5.74) is 1.87. The van der Waals surface area contributed by atoms with Crippen LogP contribution in [0.3, 0.4) is 0 Å². The molecule has 0 aliphatic carbocycles. The maximum Gasteiger partial charge on any atom is 0.340 e. The first-order valence-electron chi connectivity index (χ1n) is 9.12. The van der Waals surface area contributed by atoms with Crippen molar-refractivity contribution >= 4 is 29.2 Å². The van der Waals surface area contributed by atoms with Gasteiger partial charge in [-0.1, -0.05) is 54.1 Å². The lowest BCUT2D eigenvalue weighted by Crippen LogP contribution is -2.17. The standard InChI is InChI=1S/C23H20ClNO4/c1-2-28-23(27)18-10-6-7-11-20(18)25-22(26)19-14-17(24)12-13-21(19)29-15-16-8-4-3-5-9-16/h3-14H,2,15H2,1H3,(H,25,26). The zero-order chi connectivity index (χ0) is 20.6. The highest BCUT2D eigenvalue weighted by atomic mass is 35.5. The molecule has 0 saturated carbocycles. The fourth-order valence-corrected chi connectivity index (χ4v) is 2.88. The summed E-state index contributed by atoms with van der Waals surface area (Å²) < 4.78 is 10.9. The van der Waals surface area contributed by atoms with E-state index in [1.54, 1.807) is 43.3 Å². The van der Waals surface area contributed by atoms with E-state index < -0.39 is 11.9 Å². The van der Waals surface area contributed by atoms with E-state index in [-0.39, 0.29) is 17.7 Å². The molecule has 148 valence electrons. The lowest BCUT2D eigenvalue weighted by atomic mass is 10.1. The van der Waals surface area contributed by atoms with Gasteiger partial charge < -0.3 is 14.8 Å². The van der Waals surface area contributed by atoms with Gasteiger partial charge in [0.2, 0.25) is 0 Å². The van der Waals surface area contributed by atoms with Gasteiger partial charge in [0.25, 0.3) is 5.91 Å². The molecule has 1 N–H and O–H groups in total. The van der Waals surface area contributed by atoms with Crippen LogP contribution >= 0.6 is 11.6 Å². The number of carbonyl (C=O) groups is 2. The minimum Gasteiger partial charge on any atom is -0.488 e. The summed E-state index contributed by atoms with van der Waals surface area (Å²) in [7, 11) is 0. The average molecular weight is 410 g/mol. The second-order valence-corrected chi connectivity index (χ2v) is 6.57. The summed E-state index contributed by atoms with van der Waals surface area (Å²) in [6, 6.07) is 21.1. The van der Waals surface area contributed by atoms with Gasteiger partial charge in [-0.25, -0.2) is 4.79 Å². The van der Waals surface area contributed by atoms with Crippen LogP contribution in [0.2, 0.25) is 5.02 Å². The van der Waals surface area contributed by atoms with Crippen LogP contribution in [0.5, 0.6) is 5.75 Å². The number of hydrogen-bond acceptors (Lipinski definition) is 4. The molecule has 0 aliphatic rings. The SMILES string of the molecule is CCOC(=O)c1ccccc1NC(=O)c1cc(Cl)ccc1OCc1ccccc1. The first-order chi connectivity index (χ1) is 14.1. The molecule has 5 nitrogen and oxygen atoms in total. The fourth-order valence-electron chi connectivity index (χ4n) is 2.71. The number of ether oxygens (including phenoxy) is 2. The molecular formula is C23H20ClNO4. The van der Waals surface area contributed by atoms with E-state index in [0.717, 1.165) is 5.56 Å². The molecule has 3 aromatic carbocycles. The number of amides is 1. The monoisotopic (exact) mass is 409 g/mol. The summed E-state index contributed by atoms with van der Waals surface area (Å²) in [4.78, 5) is 25.1. The van der Waals surface area contributed by atoms with E-state index in [4.69, 9.17) is 21.1 Å². The second kappa shape index (κ2) is 9.75. The quantitative estimate of drug-likeness (QED) is 0.534. The van der Waals surface area contributed by atoms with Crippen LogP contribution in [0.1, 0.15) is 33.2 Å². The minimum absolute atomic E-state index is 0.243. The molecule has 0 bridgehead atoms. The van der Waals surface area contributed by atoms with Crippen LogP contribution in [0, 0.1) is 0 Å². The molecule has 3 rings (SSSR count). The van der Waals surface area contributed by atoms with Gasteiger partial charge in [-0.05, 0) is 42.8 Å². The molecule has 3 aromatic rings. The molecule has 29 heavy (non-hydrogen) atoms. The van der Waals surface area contributed by atoms with Gasteiger partial charge in [0.1, 0.15) is 12.4 Å². The lowest BCUT2D eigenvalue weighted by Gasteiger charge is -2.14. The summed E-state index contributed by atoms with van der Waals surface area (Å²) in [5, 5.41) is 3.16. The second-order valence-electron chi connectivity index (χ2n) is 6.13. The van der Waals surface area contributed by atoms with Crippen molar-refractivity contribution in [3.05, 3.63) is 94.5 Å². The van der Waals surface area contributed by atoms with Gasteiger partial charge >= 0.3 is 5.97 Å². The molecule has 0 aliphatic heterocycles. The van der Waals surface area contributed by atoms with Gasteiger partial charge in [-0.15, -0.1) is 0 Å². The van der Waals surface area contributed by atoms with E-state index in [9.17, 15) is 9.59 Å². The van der Waals surface area contributed by atoms with Crippen molar-refractivity contribution in [3.8, 4) is 5.75 Å². The predicted molar refractivity (Wildman–Crippen MR) is 113 cm³/mol. The number of rotatable bonds is 7. The number of hydrogen-bond donors (Lipinski definition) is 1. The van der Waals surface area contributed by atoms with Crippen LogP contribution in [-0.2, 0) is 11.3 Å². The molecule has 1 amide bonds. The number of nitrogens with one attached hydrogen (secondary N) is 1. The number of para-hydroxylation sites is 1. The Balaban J connectivity index is 1.82. The van der Waals surface area contributed by atoms with Crippen molar-refractivity contribution in [1.29, 1.82) is 0 Å². The van der Waals surface area contributed by atoms with Crippen LogP contribution in [0.15, 0.2) is 72.8 Å². The Hall–Kier alpha value is -3.31. The van der Waals surface area contributed by atoms with Crippen LogP contribution in [0.25, 0.3) is 0 Å². The first-order valence-corrected chi connectivity index (χ1v) is 9.50. The van der Waals surface area contributed by atoms with E-state index in [1.165, 1.54) is 6.07 Å². The van der Waals surface area contributed by atoms with Crippen LogP contribution in [0.4, 0.5) is 5.69 Å². The summed E-state index contributed by atoms with van der Waals surface area (Å²) in [6.45, 7) is 2.27. The Bertz CT molecular complexity index is 1000. The average Bonchev–Trinajstić information content (AvgIpc) is 2.74. The number of anilines is 1. The van der Waals surface area contributed by atoms with Crippen molar-refractivity contribution in [2.45, 2.75) is 13.5 Å². The Kier molecular flexibility index (Phi) is 6.87. The third kappa shape index (κ3) is 5.36. The topological polar surface area (TPSA) is 64.6 Å². The number of esters is 1. The van der Waals surface area contributed by atoms with E-state index in [2.05, 4.69) is 5.32 Å². The Morgan fingerprint density at radius 2 is 1.66 bits per heavy atom. The van der Waals surface area contributed by atoms with Gasteiger partial charge in [0.15, 0.2) is 0 Å². The molecule has 0 spiro atoms. The zero-order valence-corrected chi connectivity index (χ0v) is 16.6. The number of carbonyl (C=O) groups excluding carboxylic acids is 2. The molecule has 0 saturated heterocycles. The molecule has 0 atom stereocenters. The van der Waals surface area contributed by atoms with Gasteiger partial charge in [-0.3, -0.25) is 4.79 Å². The summed E-state index contributed by atoms with van der Waals surface area (Å²) in [6.07, 6.45) is 0. The van der Waals surface area contributed by atoms with Crippen molar-refractivity contribution in [1.82, 2.24) is 0 Å². The normalized spacial score (nSPS) is 10.3. The maximum absolute atomic E-state index is 12.9.